The number of aromatic nitrogens is 2. The molecule has 1 aliphatic rings. The second kappa shape index (κ2) is 17.6. The van der Waals surface area contributed by atoms with Crippen molar-refractivity contribution >= 4 is 38.5 Å². The van der Waals surface area contributed by atoms with Crippen molar-refractivity contribution in [2.24, 2.45) is 5.92 Å². The molecule has 2 aromatic carbocycles. The van der Waals surface area contributed by atoms with Gasteiger partial charge in [0.05, 0.1) is 40.4 Å². The van der Waals surface area contributed by atoms with E-state index in [4.69, 9.17) is 0 Å². The molecule has 4 aromatic rings. The second-order valence-corrected chi connectivity index (χ2v) is 17.8. The van der Waals surface area contributed by atoms with Gasteiger partial charge in [0, 0.05) is 30.2 Å². The zero-order chi connectivity index (χ0) is 39.0. The molecule has 3 amide bonds. The highest BCUT2D eigenvalue weighted by molar-refractivity contribution is 7.91. The summed E-state index contributed by atoms with van der Waals surface area (Å²) in [6.07, 6.45) is 0.974. The van der Waals surface area contributed by atoms with Gasteiger partial charge in [0.25, 0.3) is 5.91 Å². The van der Waals surface area contributed by atoms with E-state index in [1.807, 2.05) is 100 Å². The lowest BCUT2D eigenvalue weighted by molar-refractivity contribution is -0.130. The van der Waals surface area contributed by atoms with Gasteiger partial charge in [-0.2, -0.15) is 0 Å². The Hall–Kier alpha value is -4.72. The van der Waals surface area contributed by atoms with Crippen molar-refractivity contribution in [2.75, 3.05) is 13.1 Å². The molecule has 0 spiro atoms. The fourth-order valence-corrected chi connectivity index (χ4v) is 8.55. The average Bonchev–Trinajstić information content (AvgIpc) is 3.13. The van der Waals surface area contributed by atoms with Crippen LogP contribution in [0.2, 0.25) is 0 Å². The predicted molar refractivity (Wildman–Crippen MR) is 209 cm³/mol. The van der Waals surface area contributed by atoms with E-state index in [1.54, 1.807) is 30.5 Å². The van der Waals surface area contributed by atoms with Gasteiger partial charge < -0.3 is 21.1 Å². The third-order valence-corrected chi connectivity index (χ3v) is 11.8. The van der Waals surface area contributed by atoms with Crippen LogP contribution in [0.15, 0.2) is 91.1 Å². The molecule has 13 heteroatoms. The first-order valence-corrected chi connectivity index (χ1v) is 20.2. The van der Waals surface area contributed by atoms with E-state index in [-0.39, 0.29) is 55.6 Å². The monoisotopic (exact) mass is 756 g/mol. The number of para-hydroxylation sites is 1. The summed E-state index contributed by atoms with van der Waals surface area (Å²) in [5.41, 5.74) is 1.57. The van der Waals surface area contributed by atoms with Gasteiger partial charge in [0.2, 0.25) is 11.8 Å². The number of rotatable bonds is 14. The molecule has 5 rings (SSSR count). The molecule has 0 saturated carbocycles. The average molecular weight is 757 g/mol. The quantitative estimate of drug-likeness (QED) is 0.149. The summed E-state index contributed by atoms with van der Waals surface area (Å²) < 4.78 is 27.2. The number of pyridine rings is 2. The number of fused-ring (bicyclic) bond motifs is 1. The molecule has 3 heterocycles. The Morgan fingerprint density at radius 3 is 2.31 bits per heavy atom. The molecular weight excluding hydrogens is 705 g/mol. The molecule has 0 aliphatic carbocycles. The standard InChI is InChI=1S/C41H52N6O6S/c1-27(2)37(45-38(49)33-19-18-29-15-9-10-17-32(29)43-33)40(51)44-34(23-28-13-7-6-8-14-28)36(48)25-47-22-20-31(24-35(47)39(50)46-41(3,4)5)54(52,53)26-30-16-11-12-21-42-30/h6-19,21,27,31,34-37,48H,20,22-26H2,1-5H3,(H,44,51)(H,45,49)(H,46,50)/t31-,34+,35+,36-,37+/m1/s1. The van der Waals surface area contributed by atoms with Crippen LogP contribution in [0, 0.1) is 5.92 Å². The number of amides is 3. The smallest absolute Gasteiger partial charge is 0.270 e. The third kappa shape index (κ3) is 10.9. The Morgan fingerprint density at radius 2 is 1.63 bits per heavy atom. The SMILES string of the molecule is CC(C)[C@H](NC(=O)c1ccc2ccccc2n1)C(=O)N[C@@H](Cc1ccccc1)[C@H](O)CN1CC[C@@H](S(=O)(=O)Cc2ccccn2)C[C@H]1C(=O)NC(C)(C)C. The lowest BCUT2D eigenvalue weighted by Gasteiger charge is -2.41. The van der Waals surface area contributed by atoms with E-state index >= 15 is 0 Å². The van der Waals surface area contributed by atoms with Crippen molar-refractivity contribution in [3.05, 3.63) is 108 Å². The summed E-state index contributed by atoms with van der Waals surface area (Å²) in [6.45, 7) is 9.44. The van der Waals surface area contributed by atoms with E-state index in [1.165, 1.54) is 0 Å². The summed E-state index contributed by atoms with van der Waals surface area (Å²) in [4.78, 5) is 51.6. The molecule has 288 valence electrons. The number of piperidine rings is 1. The molecule has 1 aliphatic heterocycles. The Kier molecular flexibility index (Phi) is 13.2. The van der Waals surface area contributed by atoms with E-state index in [0.717, 1.165) is 10.9 Å². The Labute approximate surface area is 318 Å². The summed E-state index contributed by atoms with van der Waals surface area (Å²) in [7, 11) is -3.66. The fourth-order valence-electron chi connectivity index (χ4n) is 6.79. The van der Waals surface area contributed by atoms with Crippen molar-refractivity contribution in [1.29, 1.82) is 0 Å². The zero-order valence-electron chi connectivity index (χ0n) is 31.6. The Balaban J connectivity index is 1.35. The molecule has 0 radical (unpaired) electrons. The number of nitrogens with one attached hydrogen (secondary N) is 3. The number of aliphatic hydroxyl groups excluding tert-OH is 1. The third-order valence-electron chi connectivity index (χ3n) is 9.63. The van der Waals surface area contributed by atoms with Gasteiger partial charge in [-0.3, -0.25) is 24.3 Å². The van der Waals surface area contributed by atoms with Crippen LogP contribution in [-0.2, 0) is 31.6 Å². The van der Waals surface area contributed by atoms with Gasteiger partial charge in [-0.1, -0.05) is 74.5 Å². The van der Waals surface area contributed by atoms with E-state index in [2.05, 4.69) is 25.9 Å². The van der Waals surface area contributed by atoms with Crippen molar-refractivity contribution in [3.63, 3.8) is 0 Å². The number of carbonyl (C=O) groups is 3. The van der Waals surface area contributed by atoms with Gasteiger partial charge in [-0.15, -0.1) is 0 Å². The highest BCUT2D eigenvalue weighted by Gasteiger charge is 2.41. The number of β-amino-alcohol motifs (C(OH)–C–C–N with tert-alkyl or cyclic N) is 1. The van der Waals surface area contributed by atoms with E-state index < -0.39 is 56.7 Å². The molecule has 54 heavy (non-hydrogen) atoms. The Morgan fingerprint density at radius 1 is 0.926 bits per heavy atom. The predicted octanol–water partition coefficient (Wildman–Crippen LogP) is 3.84. The normalized spacial score (nSPS) is 18.4. The van der Waals surface area contributed by atoms with Gasteiger partial charge in [-0.25, -0.2) is 13.4 Å². The number of likely N-dealkylation sites (tertiary alicyclic amines) is 1. The van der Waals surface area contributed by atoms with Gasteiger partial charge in [0.15, 0.2) is 9.84 Å². The molecular formula is C41H52N6O6S. The van der Waals surface area contributed by atoms with Crippen molar-refractivity contribution in [2.45, 2.75) is 94.7 Å². The minimum atomic E-state index is -3.66. The number of sulfone groups is 1. The van der Waals surface area contributed by atoms with Crippen LogP contribution in [0.4, 0.5) is 0 Å². The van der Waals surface area contributed by atoms with Crippen LogP contribution >= 0.6 is 0 Å². The van der Waals surface area contributed by atoms with Crippen LogP contribution < -0.4 is 16.0 Å². The highest BCUT2D eigenvalue weighted by Crippen LogP contribution is 2.27. The van der Waals surface area contributed by atoms with Gasteiger partial charge in [0.1, 0.15) is 11.7 Å². The maximum absolute atomic E-state index is 14.0. The van der Waals surface area contributed by atoms with Crippen LogP contribution in [0.3, 0.4) is 0 Å². The number of carbonyl (C=O) groups excluding carboxylic acids is 3. The van der Waals surface area contributed by atoms with Crippen molar-refractivity contribution in [3.8, 4) is 0 Å². The lowest BCUT2D eigenvalue weighted by Crippen LogP contribution is -2.60. The molecule has 5 atom stereocenters. The molecule has 1 saturated heterocycles. The first-order valence-electron chi connectivity index (χ1n) is 18.5. The topological polar surface area (TPSA) is 171 Å². The summed E-state index contributed by atoms with van der Waals surface area (Å²) >= 11 is 0. The minimum Gasteiger partial charge on any atom is -0.390 e. The summed E-state index contributed by atoms with van der Waals surface area (Å²) in [5, 5.41) is 20.9. The number of aliphatic hydroxyl groups is 1. The first kappa shape index (κ1) is 40.5. The molecule has 4 N–H and O–H groups in total. The Bertz CT molecular complexity index is 2000. The van der Waals surface area contributed by atoms with Crippen LogP contribution in [0.1, 0.15) is 69.2 Å². The van der Waals surface area contributed by atoms with Crippen molar-refractivity contribution in [1.82, 2.24) is 30.8 Å². The number of nitrogens with zero attached hydrogens (tertiary/aromatic N) is 3. The number of hydrogen-bond acceptors (Lipinski definition) is 9. The zero-order valence-corrected chi connectivity index (χ0v) is 32.4. The number of benzene rings is 2. The van der Waals surface area contributed by atoms with Gasteiger partial charge >= 0.3 is 0 Å². The molecule has 0 bridgehead atoms. The van der Waals surface area contributed by atoms with E-state index in [9.17, 15) is 27.9 Å². The fraction of sp³-hybridized carbons (Fsp3) is 0.439. The number of hydrogen-bond donors (Lipinski definition) is 4. The van der Waals surface area contributed by atoms with Crippen LogP contribution in [0.25, 0.3) is 10.9 Å². The molecule has 2 aromatic heterocycles. The minimum absolute atomic E-state index is 0.00721. The van der Waals surface area contributed by atoms with Crippen LogP contribution in [-0.4, -0.2) is 94.2 Å². The lowest BCUT2D eigenvalue weighted by atomic mass is 9.95. The second-order valence-electron chi connectivity index (χ2n) is 15.5. The van der Waals surface area contributed by atoms with Crippen molar-refractivity contribution < 1.29 is 27.9 Å². The highest BCUT2D eigenvalue weighted by atomic mass is 32.2. The molecule has 1 fully saturated rings. The largest absolute Gasteiger partial charge is 0.390 e. The van der Waals surface area contributed by atoms with Gasteiger partial charge in [-0.05, 0) is 75.8 Å². The summed E-state index contributed by atoms with van der Waals surface area (Å²) in [6, 6.07) is 22.8. The first-order chi connectivity index (χ1) is 25.6. The maximum Gasteiger partial charge on any atom is 0.270 e. The maximum atomic E-state index is 14.0. The summed E-state index contributed by atoms with van der Waals surface area (Å²) in [5.74, 6) is -1.84. The molecule has 0 unspecified atom stereocenters. The van der Waals surface area contributed by atoms with Crippen LogP contribution in [0.5, 0.6) is 0 Å². The molecule has 12 nitrogen and oxygen atoms in total. The van der Waals surface area contributed by atoms with E-state index in [0.29, 0.717) is 11.2 Å².